The molecule has 0 saturated heterocycles. The maximum Gasteiger partial charge on any atom is 0.0178 e. The number of aryl methyl sites for hydroxylation is 1. The number of hydrogen-bond acceptors (Lipinski definition) is 1. The van der Waals surface area contributed by atoms with Crippen molar-refractivity contribution in [3.63, 3.8) is 0 Å². The van der Waals surface area contributed by atoms with E-state index in [4.69, 9.17) is 5.73 Å². The summed E-state index contributed by atoms with van der Waals surface area (Å²) in [6, 6.07) is 6.15. The highest BCUT2D eigenvalue weighted by Crippen LogP contribution is 2.11. The summed E-state index contributed by atoms with van der Waals surface area (Å²) in [7, 11) is 0. The van der Waals surface area contributed by atoms with Crippen LogP contribution in [0.3, 0.4) is 0 Å². The average molecular weight is 159 g/mol. The van der Waals surface area contributed by atoms with Gasteiger partial charge < -0.3 is 5.73 Å². The van der Waals surface area contributed by atoms with Crippen molar-refractivity contribution in [3.8, 4) is 0 Å². The first-order valence-corrected chi connectivity index (χ1v) is 3.93. The first kappa shape index (κ1) is 8.79. The summed E-state index contributed by atoms with van der Waals surface area (Å²) in [4.78, 5) is 0. The fraction of sp³-hybridized carbons (Fsp3) is 0.182. The molecule has 0 radical (unpaired) electrons. The van der Waals surface area contributed by atoms with E-state index in [9.17, 15) is 0 Å². The predicted octanol–water partition coefficient (Wildman–Crippen LogP) is 2.25. The molecule has 0 aliphatic rings. The monoisotopic (exact) mass is 159 g/mol. The average Bonchev–Trinajstić information content (AvgIpc) is 2.09. The summed E-state index contributed by atoms with van der Waals surface area (Å²) in [6.07, 6.45) is 1.87. The first-order valence-electron chi connectivity index (χ1n) is 3.93. The fourth-order valence-electron chi connectivity index (χ4n) is 1.14. The van der Waals surface area contributed by atoms with Crippen LogP contribution in [0.15, 0.2) is 30.5 Å². The van der Waals surface area contributed by atoms with Crippen LogP contribution < -0.4 is 5.73 Å². The number of benzene rings is 1. The Morgan fingerprint density at radius 1 is 1.58 bits per heavy atom. The zero-order valence-electron chi connectivity index (χ0n) is 7.30. The molecule has 1 rings (SSSR count). The van der Waals surface area contributed by atoms with Crippen molar-refractivity contribution in [3.05, 3.63) is 47.2 Å². The topological polar surface area (TPSA) is 26.0 Å². The van der Waals surface area contributed by atoms with E-state index in [0.717, 1.165) is 11.1 Å². The van der Waals surface area contributed by atoms with Gasteiger partial charge in [0.15, 0.2) is 0 Å². The molecule has 0 saturated carbocycles. The molecule has 0 bridgehead atoms. The van der Waals surface area contributed by atoms with Crippen molar-refractivity contribution < 1.29 is 0 Å². The second kappa shape index (κ2) is 3.91. The van der Waals surface area contributed by atoms with Gasteiger partial charge in [0.1, 0.15) is 0 Å². The van der Waals surface area contributed by atoms with E-state index < -0.39 is 0 Å². The number of rotatable bonds is 2. The molecule has 0 fully saturated rings. The third-order valence-electron chi connectivity index (χ3n) is 1.83. The summed E-state index contributed by atoms with van der Waals surface area (Å²) in [5.74, 6) is 0. The molecule has 2 N–H and O–H groups in total. The Labute approximate surface area is 73.2 Å². The Morgan fingerprint density at radius 3 is 2.83 bits per heavy atom. The van der Waals surface area contributed by atoms with Gasteiger partial charge in [0.05, 0.1) is 0 Å². The van der Waals surface area contributed by atoms with Crippen LogP contribution in [-0.4, -0.2) is 0 Å². The zero-order valence-corrected chi connectivity index (χ0v) is 7.30. The summed E-state index contributed by atoms with van der Waals surface area (Å²) >= 11 is 0. The quantitative estimate of drug-likeness (QED) is 0.658. The zero-order chi connectivity index (χ0) is 8.97. The van der Waals surface area contributed by atoms with Gasteiger partial charge in [-0.3, -0.25) is 0 Å². The van der Waals surface area contributed by atoms with Gasteiger partial charge in [-0.2, -0.15) is 0 Å². The molecule has 0 amide bonds. The minimum absolute atomic E-state index is 0.596. The molecule has 1 heteroatoms. The molecule has 0 aliphatic carbocycles. The highest BCUT2D eigenvalue weighted by molar-refractivity contribution is 5.53. The molecule has 0 spiro atoms. The normalized spacial score (nSPS) is 9.17. The molecule has 1 nitrogen and oxygen atoms in total. The fourth-order valence-corrected chi connectivity index (χ4v) is 1.14. The Bertz CT molecular complexity index is 320. The molecular weight excluding hydrogens is 146 g/mol. The van der Waals surface area contributed by atoms with Crippen LogP contribution in [0.5, 0.6) is 0 Å². The van der Waals surface area contributed by atoms with E-state index in [1.54, 1.807) is 0 Å². The van der Waals surface area contributed by atoms with Gasteiger partial charge >= 0.3 is 0 Å². The second-order valence-electron chi connectivity index (χ2n) is 2.74. The van der Waals surface area contributed by atoms with Gasteiger partial charge in [0, 0.05) is 6.54 Å². The number of nitrogens with two attached hydrogens (primary N) is 1. The van der Waals surface area contributed by atoms with Crippen LogP contribution in [0.1, 0.15) is 16.7 Å². The third-order valence-corrected chi connectivity index (χ3v) is 1.83. The molecular formula is C11H13N. The van der Waals surface area contributed by atoms with Gasteiger partial charge in [-0.1, -0.05) is 24.8 Å². The maximum atomic E-state index is 5.50. The molecule has 0 heterocycles. The van der Waals surface area contributed by atoms with Crippen LogP contribution in [0.2, 0.25) is 0 Å². The molecule has 0 aliphatic heterocycles. The van der Waals surface area contributed by atoms with Crippen molar-refractivity contribution in [2.24, 2.45) is 5.73 Å². The van der Waals surface area contributed by atoms with E-state index in [0.29, 0.717) is 6.54 Å². The molecule has 0 unspecified atom stereocenters. The largest absolute Gasteiger partial charge is 0.326 e. The number of hydrogen-bond donors (Lipinski definition) is 1. The van der Waals surface area contributed by atoms with E-state index in [1.807, 2.05) is 18.2 Å². The first-order chi connectivity index (χ1) is 5.77. The predicted molar refractivity (Wildman–Crippen MR) is 52.7 cm³/mol. The minimum Gasteiger partial charge on any atom is -0.326 e. The van der Waals surface area contributed by atoms with Crippen LogP contribution >= 0.6 is 0 Å². The van der Waals surface area contributed by atoms with Crippen LogP contribution in [0.4, 0.5) is 0 Å². The minimum atomic E-state index is 0.596. The lowest BCUT2D eigenvalue weighted by atomic mass is 10.1. The Kier molecular flexibility index (Phi) is 2.87. The molecule has 0 aromatic heterocycles. The van der Waals surface area contributed by atoms with E-state index in [2.05, 4.69) is 25.3 Å². The Morgan fingerprint density at radius 2 is 2.33 bits per heavy atom. The lowest BCUT2D eigenvalue weighted by molar-refractivity contribution is 1.06. The van der Waals surface area contributed by atoms with Crippen molar-refractivity contribution in [1.29, 1.82) is 0 Å². The maximum absolute atomic E-state index is 5.50. The standard InChI is InChI=1S/C11H13N/c1-3-4-11-6-5-10(8-12)7-9(11)2/h4-7H,1,8,12H2,2H3. The van der Waals surface area contributed by atoms with Gasteiger partial charge in [-0.25, -0.2) is 0 Å². The van der Waals surface area contributed by atoms with Crippen LogP contribution in [0.25, 0.3) is 6.08 Å². The van der Waals surface area contributed by atoms with E-state index >= 15 is 0 Å². The summed E-state index contributed by atoms with van der Waals surface area (Å²) in [5, 5.41) is 0. The Balaban J connectivity index is 3.11. The van der Waals surface area contributed by atoms with Gasteiger partial charge in [0.25, 0.3) is 0 Å². The van der Waals surface area contributed by atoms with E-state index in [1.165, 1.54) is 5.56 Å². The second-order valence-corrected chi connectivity index (χ2v) is 2.74. The third kappa shape index (κ3) is 1.85. The Hall–Kier alpha value is -1.30. The van der Waals surface area contributed by atoms with Crippen molar-refractivity contribution in [2.75, 3.05) is 0 Å². The highest BCUT2D eigenvalue weighted by atomic mass is 14.5. The molecule has 1 aromatic rings. The molecule has 1 aromatic carbocycles. The van der Waals surface area contributed by atoms with Crippen molar-refractivity contribution in [2.45, 2.75) is 13.5 Å². The molecule has 62 valence electrons. The van der Waals surface area contributed by atoms with E-state index in [-0.39, 0.29) is 0 Å². The van der Waals surface area contributed by atoms with Crippen LogP contribution in [0, 0.1) is 6.92 Å². The van der Waals surface area contributed by atoms with Gasteiger partial charge in [-0.15, -0.1) is 5.73 Å². The lowest BCUT2D eigenvalue weighted by Gasteiger charge is -2.01. The van der Waals surface area contributed by atoms with Crippen LogP contribution in [-0.2, 0) is 6.54 Å². The van der Waals surface area contributed by atoms with Crippen molar-refractivity contribution >= 4 is 6.08 Å². The van der Waals surface area contributed by atoms with Crippen molar-refractivity contribution in [1.82, 2.24) is 0 Å². The summed E-state index contributed by atoms with van der Waals surface area (Å²) in [6.45, 7) is 6.19. The smallest absolute Gasteiger partial charge is 0.0178 e. The summed E-state index contributed by atoms with van der Waals surface area (Å²) < 4.78 is 0. The lowest BCUT2D eigenvalue weighted by Crippen LogP contribution is -1.96. The van der Waals surface area contributed by atoms with Gasteiger partial charge in [0.2, 0.25) is 0 Å². The SMILES string of the molecule is C=C=Cc1ccc(CN)cc1C. The highest BCUT2D eigenvalue weighted by Gasteiger charge is 1.94. The van der Waals surface area contributed by atoms with Gasteiger partial charge in [-0.05, 0) is 29.7 Å². The summed E-state index contributed by atoms with van der Waals surface area (Å²) in [5.41, 5.74) is 11.8. The molecule has 0 atom stereocenters. The molecule has 12 heavy (non-hydrogen) atoms.